The first kappa shape index (κ1) is 18.4. The number of carbonyl (C=O) groups is 1. The third-order valence-electron chi connectivity index (χ3n) is 3.92. The van der Waals surface area contributed by atoms with Gasteiger partial charge in [0.2, 0.25) is 11.7 Å². The Morgan fingerprint density at radius 1 is 1.26 bits per heavy atom. The van der Waals surface area contributed by atoms with E-state index in [4.69, 9.17) is 0 Å². The second-order valence-electron chi connectivity index (χ2n) is 5.81. The van der Waals surface area contributed by atoms with Crippen molar-refractivity contribution in [2.75, 3.05) is 5.32 Å². The number of alkyl halides is 3. The molecule has 3 rings (SSSR count). The van der Waals surface area contributed by atoms with Crippen molar-refractivity contribution in [1.82, 2.24) is 9.55 Å². The Kier molecular flexibility index (Phi) is 4.56. The monoisotopic (exact) mass is 378 g/mol. The van der Waals surface area contributed by atoms with Crippen LogP contribution in [0, 0.1) is 17.0 Å². The van der Waals surface area contributed by atoms with E-state index in [1.807, 2.05) is 0 Å². The molecule has 0 aliphatic rings. The molecule has 1 amide bonds. The number of rotatable bonds is 4. The Morgan fingerprint density at radius 3 is 2.63 bits per heavy atom. The molecule has 1 N–H and O–H groups in total. The number of non-ortho nitro benzene ring substituents is 1. The molecule has 1 heterocycles. The Morgan fingerprint density at radius 2 is 1.96 bits per heavy atom. The summed E-state index contributed by atoms with van der Waals surface area (Å²) in [5.41, 5.74) is 0.743. The Bertz CT molecular complexity index is 1040. The first-order chi connectivity index (χ1) is 12.7. The zero-order valence-electron chi connectivity index (χ0n) is 13.9. The van der Waals surface area contributed by atoms with E-state index in [-0.39, 0.29) is 22.4 Å². The molecule has 0 saturated carbocycles. The SMILES string of the molecule is Cc1ccc([N+](=O)[O-])cc1NC(=O)Cn1c(C(F)(F)F)nc2ccccc21. The third-order valence-corrected chi connectivity index (χ3v) is 3.92. The molecule has 0 aliphatic heterocycles. The van der Waals surface area contributed by atoms with Gasteiger partial charge in [0, 0.05) is 12.1 Å². The molecule has 3 aromatic rings. The predicted molar refractivity (Wildman–Crippen MR) is 91.2 cm³/mol. The maximum atomic E-state index is 13.3. The van der Waals surface area contributed by atoms with E-state index >= 15 is 0 Å². The quantitative estimate of drug-likeness (QED) is 0.551. The van der Waals surface area contributed by atoms with Gasteiger partial charge in [-0.25, -0.2) is 4.98 Å². The molecule has 0 aliphatic carbocycles. The minimum atomic E-state index is -4.74. The summed E-state index contributed by atoms with van der Waals surface area (Å²) in [5, 5.41) is 13.3. The summed E-state index contributed by atoms with van der Waals surface area (Å²) in [6, 6.07) is 9.82. The molecule has 0 fully saturated rings. The van der Waals surface area contributed by atoms with Crippen LogP contribution in [0.5, 0.6) is 0 Å². The zero-order chi connectivity index (χ0) is 19.8. The van der Waals surface area contributed by atoms with Crippen molar-refractivity contribution in [3.05, 3.63) is 64.0 Å². The number of fused-ring (bicyclic) bond motifs is 1. The number of hydrogen-bond donors (Lipinski definition) is 1. The Hall–Kier alpha value is -3.43. The summed E-state index contributed by atoms with van der Waals surface area (Å²) >= 11 is 0. The molecular formula is C17H13F3N4O3. The third kappa shape index (κ3) is 3.73. The van der Waals surface area contributed by atoms with Crippen LogP contribution in [0.3, 0.4) is 0 Å². The summed E-state index contributed by atoms with van der Waals surface area (Å²) in [6.07, 6.45) is -4.74. The first-order valence-corrected chi connectivity index (χ1v) is 7.74. The lowest BCUT2D eigenvalue weighted by atomic mass is 10.2. The van der Waals surface area contributed by atoms with Gasteiger partial charge in [0.25, 0.3) is 5.69 Å². The van der Waals surface area contributed by atoms with Crippen molar-refractivity contribution in [3.8, 4) is 0 Å². The first-order valence-electron chi connectivity index (χ1n) is 7.74. The van der Waals surface area contributed by atoms with Gasteiger partial charge in [0.1, 0.15) is 6.54 Å². The van der Waals surface area contributed by atoms with E-state index in [0.717, 1.165) is 10.6 Å². The van der Waals surface area contributed by atoms with Gasteiger partial charge in [-0.05, 0) is 24.6 Å². The highest BCUT2D eigenvalue weighted by atomic mass is 19.4. The highest BCUT2D eigenvalue weighted by Crippen LogP contribution is 2.31. The van der Waals surface area contributed by atoms with Crippen LogP contribution in [-0.2, 0) is 17.5 Å². The van der Waals surface area contributed by atoms with E-state index in [1.165, 1.54) is 24.3 Å². The molecule has 1 aromatic heterocycles. The topological polar surface area (TPSA) is 90.1 Å². The van der Waals surface area contributed by atoms with Crippen molar-refractivity contribution >= 4 is 28.3 Å². The van der Waals surface area contributed by atoms with Crippen LogP contribution >= 0.6 is 0 Å². The number of para-hydroxylation sites is 2. The molecule has 10 heteroatoms. The Balaban J connectivity index is 1.93. The molecule has 0 unspecified atom stereocenters. The summed E-state index contributed by atoms with van der Waals surface area (Å²) < 4.78 is 40.6. The van der Waals surface area contributed by atoms with Crippen LogP contribution in [0.15, 0.2) is 42.5 Å². The molecule has 0 atom stereocenters. The van der Waals surface area contributed by atoms with E-state index in [1.54, 1.807) is 19.1 Å². The van der Waals surface area contributed by atoms with Gasteiger partial charge in [0.05, 0.1) is 21.6 Å². The molecule has 0 bridgehead atoms. The smallest absolute Gasteiger partial charge is 0.324 e. The highest BCUT2D eigenvalue weighted by molar-refractivity contribution is 5.92. The number of nitrogens with one attached hydrogen (secondary N) is 1. The van der Waals surface area contributed by atoms with Gasteiger partial charge in [-0.1, -0.05) is 18.2 Å². The number of anilines is 1. The van der Waals surface area contributed by atoms with Crippen LogP contribution in [0.25, 0.3) is 11.0 Å². The van der Waals surface area contributed by atoms with Gasteiger partial charge in [-0.3, -0.25) is 14.9 Å². The van der Waals surface area contributed by atoms with Gasteiger partial charge in [-0.15, -0.1) is 0 Å². The van der Waals surface area contributed by atoms with Gasteiger partial charge in [-0.2, -0.15) is 13.2 Å². The minimum Gasteiger partial charge on any atom is -0.324 e. The molecule has 27 heavy (non-hydrogen) atoms. The van der Waals surface area contributed by atoms with E-state index in [2.05, 4.69) is 10.3 Å². The molecule has 140 valence electrons. The summed E-state index contributed by atoms with van der Waals surface area (Å²) in [7, 11) is 0. The largest absolute Gasteiger partial charge is 0.449 e. The summed E-state index contributed by atoms with van der Waals surface area (Å²) in [6.45, 7) is 0.977. The lowest BCUT2D eigenvalue weighted by molar-refractivity contribution is -0.384. The number of hydrogen-bond acceptors (Lipinski definition) is 4. The highest BCUT2D eigenvalue weighted by Gasteiger charge is 2.38. The number of aromatic nitrogens is 2. The lowest BCUT2D eigenvalue weighted by Crippen LogP contribution is -2.23. The summed E-state index contributed by atoms with van der Waals surface area (Å²) in [4.78, 5) is 26.1. The van der Waals surface area contributed by atoms with Crippen molar-refractivity contribution < 1.29 is 22.9 Å². The van der Waals surface area contributed by atoms with E-state index in [0.29, 0.717) is 5.56 Å². The lowest BCUT2D eigenvalue weighted by Gasteiger charge is -2.12. The average molecular weight is 378 g/mol. The van der Waals surface area contributed by atoms with Crippen LogP contribution < -0.4 is 5.32 Å². The van der Waals surface area contributed by atoms with Crippen LogP contribution in [0.1, 0.15) is 11.4 Å². The van der Waals surface area contributed by atoms with Crippen molar-refractivity contribution in [2.24, 2.45) is 0 Å². The number of aryl methyl sites for hydroxylation is 1. The predicted octanol–water partition coefficient (Wildman–Crippen LogP) is 3.91. The number of halogens is 3. The van der Waals surface area contributed by atoms with Gasteiger partial charge >= 0.3 is 6.18 Å². The van der Waals surface area contributed by atoms with Gasteiger partial charge < -0.3 is 9.88 Å². The van der Waals surface area contributed by atoms with Crippen LogP contribution in [0.4, 0.5) is 24.5 Å². The number of nitro benzene ring substituents is 1. The van der Waals surface area contributed by atoms with Gasteiger partial charge in [0.15, 0.2) is 0 Å². The van der Waals surface area contributed by atoms with Crippen LogP contribution in [0.2, 0.25) is 0 Å². The molecule has 0 radical (unpaired) electrons. The summed E-state index contributed by atoms with van der Waals surface area (Å²) in [5.74, 6) is -1.94. The normalized spacial score (nSPS) is 11.6. The van der Waals surface area contributed by atoms with Crippen molar-refractivity contribution in [2.45, 2.75) is 19.6 Å². The average Bonchev–Trinajstić information content (AvgIpc) is 2.95. The number of nitrogens with zero attached hydrogens (tertiary/aromatic N) is 3. The second kappa shape index (κ2) is 6.71. The molecule has 0 saturated heterocycles. The molecule has 2 aromatic carbocycles. The minimum absolute atomic E-state index is 0.115. The number of benzene rings is 2. The Labute approximate surface area is 150 Å². The van der Waals surface area contributed by atoms with E-state index < -0.39 is 29.4 Å². The van der Waals surface area contributed by atoms with E-state index in [9.17, 15) is 28.1 Å². The fourth-order valence-corrected chi connectivity index (χ4v) is 2.64. The molecule has 0 spiro atoms. The maximum Gasteiger partial charge on any atom is 0.449 e. The number of carbonyl (C=O) groups excluding carboxylic acids is 1. The number of amides is 1. The van der Waals surface area contributed by atoms with Crippen molar-refractivity contribution in [3.63, 3.8) is 0 Å². The van der Waals surface area contributed by atoms with Crippen molar-refractivity contribution in [1.29, 1.82) is 0 Å². The fourth-order valence-electron chi connectivity index (χ4n) is 2.64. The standard InChI is InChI=1S/C17H13F3N4O3/c1-10-6-7-11(24(26)27)8-13(10)21-15(25)9-23-14-5-3-2-4-12(14)22-16(23)17(18,19)20/h2-8H,9H2,1H3,(H,21,25). The molecule has 7 nitrogen and oxygen atoms in total. The zero-order valence-corrected chi connectivity index (χ0v) is 13.9. The number of imidazole rings is 1. The fraction of sp³-hybridized carbons (Fsp3) is 0.176. The number of nitro groups is 1. The maximum absolute atomic E-state index is 13.3. The second-order valence-corrected chi connectivity index (χ2v) is 5.81. The molecular weight excluding hydrogens is 365 g/mol. The van der Waals surface area contributed by atoms with Crippen LogP contribution in [-0.4, -0.2) is 20.4 Å².